The first kappa shape index (κ1) is 15.9. The number of likely N-dealkylation sites (N-methyl/N-ethyl adjacent to an activating group) is 1. The van der Waals surface area contributed by atoms with E-state index >= 15 is 0 Å². The number of hydrogen-bond donors (Lipinski definition) is 0. The molecule has 3 rings (SSSR count). The molecule has 1 aromatic carbocycles. The summed E-state index contributed by atoms with van der Waals surface area (Å²) in [5.41, 5.74) is -0.0932. The molecule has 0 amide bonds. The average Bonchev–Trinajstić information content (AvgIpc) is 2.90. The minimum atomic E-state index is -4.37. The van der Waals surface area contributed by atoms with E-state index in [2.05, 4.69) is 18.6 Å². The highest BCUT2D eigenvalue weighted by Gasteiger charge is 2.32. The number of halogens is 3. The van der Waals surface area contributed by atoms with Gasteiger partial charge < -0.3 is 13.8 Å². The number of fused-ring (bicyclic) bond motifs is 1. The van der Waals surface area contributed by atoms with E-state index in [9.17, 15) is 13.2 Å². The summed E-state index contributed by atoms with van der Waals surface area (Å²) in [5.74, 6) is 0. The molecule has 1 saturated heterocycles. The Hall–Kier alpha value is -2.02. The van der Waals surface area contributed by atoms with E-state index in [1.54, 1.807) is 0 Å². The van der Waals surface area contributed by atoms with Crippen molar-refractivity contribution in [3.63, 3.8) is 0 Å². The Balaban J connectivity index is 1.80. The lowest BCUT2D eigenvalue weighted by molar-refractivity contribution is -0.904. The Kier molecular flexibility index (Phi) is 3.83. The summed E-state index contributed by atoms with van der Waals surface area (Å²) in [6.07, 6.45) is -2.46. The first-order valence-corrected chi connectivity index (χ1v) is 7.48. The van der Waals surface area contributed by atoms with Crippen LogP contribution in [0.3, 0.4) is 0 Å². The molecule has 0 unspecified atom stereocenters. The van der Waals surface area contributed by atoms with Crippen LogP contribution in [-0.2, 0) is 6.18 Å². The molecule has 1 aliphatic rings. The number of alkyl halides is 3. The van der Waals surface area contributed by atoms with Crippen molar-refractivity contribution < 1.29 is 22.1 Å². The highest BCUT2D eigenvalue weighted by Crippen LogP contribution is 2.32. The molecule has 23 heavy (non-hydrogen) atoms. The Morgan fingerprint density at radius 2 is 2.04 bits per heavy atom. The summed E-state index contributed by atoms with van der Waals surface area (Å²) in [7, 11) is 2.17. The van der Waals surface area contributed by atoms with Gasteiger partial charge in [0.2, 0.25) is 0 Å². The van der Waals surface area contributed by atoms with Crippen LogP contribution in [0.5, 0.6) is 0 Å². The molecule has 0 spiro atoms. The molecule has 1 aliphatic heterocycles. The number of nitrogens with zero attached hydrogens (tertiary/aromatic N) is 3. The second kappa shape index (κ2) is 5.56. The van der Waals surface area contributed by atoms with Gasteiger partial charge in [0, 0.05) is 0 Å². The van der Waals surface area contributed by atoms with Crippen molar-refractivity contribution in [1.29, 1.82) is 0 Å². The fourth-order valence-electron chi connectivity index (χ4n) is 2.86. The van der Waals surface area contributed by atoms with Crippen molar-refractivity contribution in [3.05, 3.63) is 36.4 Å². The molecule has 124 valence electrons. The minimum Gasteiger partial charge on any atom is -0.423 e. The molecule has 2 heterocycles. The first-order chi connectivity index (χ1) is 10.8. The third kappa shape index (κ3) is 3.19. The third-order valence-electron chi connectivity index (χ3n) is 4.36. The van der Waals surface area contributed by atoms with Gasteiger partial charge in [0.25, 0.3) is 6.01 Å². The highest BCUT2D eigenvalue weighted by atomic mass is 19.4. The molecule has 2 aromatic rings. The van der Waals surface area contributed by atoms with Gasteiger partial charge in [0.1, 0.15) is 5.52 Å². The van der Waals surface area contributed by atoms with Crippen LogP contribution in [0, 0.1) is 0 Å². The van der Waals surface area contributed by atoms with Crippen LogP contribution in [0.4, 0.5) is 19.2 Å². The Morgan fingerprint density at radius 1 is 1.35 bits per heavy atom. The van der Waals surface area contributed by atoms with Crippen LogP contribution in [0.1, 0.15) is 5.56 Å². The maximum Gasteiger partial charge on any atom is 0.416 e. The van der Waals surface area contributed by atoms with E-state index in [1.807, 2.05) is 11.0 Å². The SMILES string of the molecule is C=CC[N+]1(C)CCN(c2nc3cc(C(F)(F)F)ccc3o2)CC1. The van der Waals surface area contributed by atoms with Gasteiger partial charge in [0.15, 0.2) is 5.58 Å². The molecule has 7 heteroatoms. The number of oxazole rings is 1. The topological polar surface area (TPSA) is 29.3 Å². The lowest BCUT2D eigenvalue weighted by Gasteiger charge is -2.40. The summed E-state index contributed by atoms with van der Waals surface area (Å²) < 4.78 is 44.8. The number of anilines is 1. The standard InChI is InChI=1S/C16H19F3N3O/c1-3-8-22(2)9-6-21(7-10-22)15-20-13-11-12(16(17,18)19)4-5-14(13)23-15/h3-5,11H,1,6-10H2,2H3/q+1. The van der Waals surface area contributed by atoms with E-state index in [0.717, 1.165) is 49.3 Å². The van der Waals surface area contributed by atoms with Gasteiger partial charge in [0.05, 0.1) is 45.3 Å². The van der Waals surface area contributed by atoms with Crippen LogP contribution >= 0.6 is 0 Å². The molecule has 0 bridgehead atoms. The van der Waals surface area contributed by atoms with Crippen molar-refractivity contribution in [2.24, 2.45) is 0 Å². The molecule has 1 aromatic heterocycles. The van der Waals surface area contributed by atoms with Gasteiger partial charge in [-0.3, -0.25) is 0 Å². The van der Waals surface area contributed by atoms with Crippen LogP contribution in [0.25, 0.3) is 11.1 Å². The summed E-state index contributed by atoms with van der Waals surface area (Å²) in [6, 6.07) is 3.77. The zero-order valence-corrected chi connectivity index (χ0v) is 12.9. The fraction of sp³-hybridized carbons (Fsp3) is 0.438. The Labute approximate surface area is 132 Å². The van der Waals surface area contributed by atoms with Crippen LogP contribution in [-0.4, -0.2) is 49.2 Å². The van der Waals surface area contributed by atoms with E-state index < -0.39 is 11.7 Å². The van der Waals surface area contributed by atoms with E-state index in [0.29, 0.717) is 11.6 Å². The van der Waals surface area contributed by atoms with Crippen molar-refractivity contribution >= 4 is 17.1 Å². The van der Waals surface area contributed by atoms with E-state index in [1.165, 1.54) is 6.07 Å². The third-order valence-corrected chi connectivity index (χ3v) is 4.36. The maximum absolute atomic E-state index is 12.8. The second-order valence-corrected chi connectivity index (χ2v) is 6.20. The monoisotopic (exact) mass is 326 g/mol. The second-order valence-electron chi connectivity index (χ2n) is 6.20. The largest absolute Gasteiger partial charge is 0.423 e. The summed E-state index contributed by atoms with van der Waals surface area (Å²) >= 11 is 0. The number of aromatic nitrogens is 1. The summed E-state index contributed by atoms with van der Waals surface area (Å²) in [5, 5.41) is 0. The van der Waals surface area contributed by atoms with Gasteiger partial charge in [-0.2, -0.15) is 18.2 Å². The van der Waals surface area contributed by atoms with Gasteiger partial charge in [-0.15, -0.1) is 0 Å². The van der Waals surface area contributed by atoms with Crippen LogP contribution in [0.15, 0.2) is 35.3 Å². The quantitative estimate of drug-likeness (QED) is 0.640. The molecular formula is C16H19F3N3O+. The minimum absolute atomic E-state index is 0.240. The molecule has 4 nitrogen and oxygen atoms in total. The molecule has 1 fully saturated rings. The lowest BCUT2D eigenvalue weighted by Crippen LogP contribution is -2.57. The zero-order valence-electron chi connectivity index (χ0n) is 12.9. The van der Waals surface area contributed by atoms with E-state index in [4.69, 9.17) is 4.42 Å². The molecular weight excluding hydrogens is 307 g/mol. The van der Waals surface area contributed by atoms with Gasteiger partial charge in [-0.05, 0) is 24.3 Å². The molecule has 0 aliphatic carbocycles. The normalized spacial score (nSPS) is 18.3. The zero-order chi connectivity index (χ0) is 16.7. The Morgan fingerprint density at radius 3 is 2.65 bits per heavy atom. The first-order valence-electron chi connectivity index (χ1n) is 7.48. The van der Waals surface area contributed by atoms with Crippen molar-refractivity contribution in [2.45, 2.75) is 6.18 Å². The van der Waals surface area contributed by atoms with Crippen LogP contribution in [0.2, 0.25) is 0 Å². The molecule has 0 atom stereocenters. The van der Waals surface area contributed by atoms with Crippen molar-refractivity contribution in [3.8, 4) is 0 Å². The van der Waals surface area contributed by atoms with Gasteiger partial charge >= 0.3 is 6.18 Å². The van der Waals surface area contributed by atoms with E-state index in [-0.39, 0.29) is 5.52 Å². The van der Waals surface area contributed by atoms with Crippen molar-refractivity contribution in [1.82, 2.24) is 4.98 Å². The smallest absolute Gasteiger partial charge is 0.416 e. The van der Waals surface area contributed by atoms with Crippen molar-refractivity contribution in [2.75, 3.05) is 44.7 Å². The molecule has 0 N–H and O–H groups in total. The maximum atomic E-state index is 12.8. The number of quaternary nitrogens is 1. The lowest BCUT2D eigenvalue weighted by atomic mass is 10.2. The number of hydrogen-bond acceptors (Lipinski definition) is 3. The summed E-state index contributed by atoms with van der Waals surface area (Å²) in [4.78, 5) is 6.22. The Bertz CT molecular complexity index is 715. The summed E-state index contributed by atoms with van der Waals surface area (Å²) in [6.45, 7) is 8.02. The fourth-order valence-corrected chi connectivity index (χ4v) is 2.86. The molecule has 0 saturated carbocycles. The molecule has 0 radical (unpaired) electrons. The van der Waals surface area contributed by atoms with Crippen LogP contribution < -0.4 is 4.90 Å². The predicted molar refractivity (Wildman–Crippen MR) is 82.2 cm³/mol. The average molecular weight is 326 g/mol. The number of piperazine rings is 1. The van der Waals surface area contributed by atoms with Gasteiger partial charge in [-0.25, -0.2) is 0 Å². The number of rotatable bonds is 3. The van der Waals surface area contributed by atoms with Gasteiger partial charge in [-0.1, -0.05) is 6.58 Å². The highest BCUT2D eigenvalue weighted by molar-refractivity contribution is 5.75. The number of benzene rings is 1. The predicted octanol–water partition coefficient (Wildman–Crippen LogP) is 3.30.